The summed E-state index contributed by atoms with van der Waals surface area (Å²) in [6, 6.07) is 7.94. The number of hydrogen-bond acceptors (Lipinski definition) is 0. The molecular weight excluding hydrogens is 183 g/mol. The Kier molecular flexibility index (Phi) is 3.10. The van der Waals surface area contributed by atoms with Gasteiger partial charge in [-0.25, -0.2) is 0 Å². The van der Waals surface area contributed by atoms with Gasteiger partial charge in [0.15, 0.2) is 0 Å². The van der Waals surface area contributed by atoms with Crippen LogP contribution < -0.4 is 0 Å². The van der Waals surface area contributed by atoms with Crippen molar-refractivity contribution in [2.75, 3.05) is 0 Å². The molecule has 0 unspecified atom stereocenters. The second-order valence-electron chi connectivity index (χ2n) is 1.88. The topological polar surface area (TPSA) is 0 Å². The van der Waals surface area contributed by atoms with Crippen molar-refractivity contribution in [2.24, 2.45) is 0 Å². The normalized spacial score (nSPS) is 8.30. The standard InChI is InChI=1S/C8H4Br.Li/c1-2-7-3-5-8(9)6-4-7;/h3-6H;. The summed E-state index contributed by atoms with van der Waals surface area (Å²) in [5, 5.41) is 0. The Hall–Kier alpha value is -0.143. The molecule has 0 fully saturated rings. The number of benzene rings is 1. The van der Waals surface area contributed by atoms with E-state index in [9.17, 15) is 0 Å². The first-order chi connectivity index (χ1) is 4.83. The van der Waals surface area contributed by atoms with Gasteiger partial charge in [-0.1, -0.05) is 0 Å². The van der Waals surface area contributed by atoms with Crippen molar-refractivity contribution < 1.29 is 0 Å². The first-order valence-electron chi connectivity index (χ1n) is 3.01. The van der Waals surface area contributed by atoms with Crippen molar-refractivity contribution in [3.63, 3.8) is 0 Å². The minimum atomic E-state index is 1.06. The van der Waals surface area contributed by atoms with Gasteiger partial charge in [0.25, 0.3) is 0 Å². The predicted octanol–water partition coefficient (Wildman–Crippen LogP) is 1.93. The molecule has 1 aromatic carbocycles. The Morgan fingerprint density at radius 1 is 1.20 bits per heavy atom. The summed E-state index contributed by atoms with van der Waals surface area (Å²) in [6.45, 7) is 0. The quantitative estimate of drug-likeness (QED) is 0.430. The molecule has 2 heteroatoms. The van der Waals surface area contributed by atoms with Crippen LogP contribution in [0.25, 0.3) is 0 Å². The molecule has 0 bridgehead atoms. The van der Waals surface area contributed by atoms with Gasteiger partial charge in [-0.3, -0.25) is 0 Å². The molecule has 0 saturated heterocycles. The van der Waals surface area contributed by atoms with Crippen LogP contribution in [0.2, 0.25) is 0 Å². The predicted molar refractivity (Wildman–Crippen MR) is 46.8 cm³/mol. The van der Waals surface area contributed by atoms with E-state index in [2.05, 4.69) is 26.4 Å². The van der Waals surface area contributed by atoms with Crippen LogP contribution in [0, 0.1) is 10.5 Å². The molecule has 0 aliphatic rings. The van der Waals surface area contributed by atoms with Gasteiger partial charge < -0.3 is 0 Å². The number of hydrogen-bond donors (Lipinski definition) is 0. The first-order valence-corrected chi connectivity index (χ1v) is 3.80. The molecule has 0 aliphatic heterocycles. The summed E-state index contributed by atoms with van der Waals surface area (Å²) >= 11 is 5.18. The SMILES string of the molecule is [Li][C]#Cc1ccc(Br)cc1. The monoisotopic (exact) mass is 186 g/mol. The molecular formula is C8H4BrLi. The molecule has 0 atom stereocenters. The van der Waals surface area contributed by atoms with Crippen LogP contribution in [-0.2, 0) is 0 Å². The molecule has 0 radical (unpaired) electrons. The molecule has 0 nitrogen and oxygen atoms in total. The Morgan fingerprint density at radius 3 is 2.30 bits per heavy atom. The fourth-order valence-corrected chi connectivity index (χ4v) is 0.942. The van der Waals surface area contributed by atoms with E-state index in [4.69, 9.17) is 0 Å². The van der Waals surface area contributed by atoms with E-state index in [0.717, 1.165) is 10.0 Å². The maximum absolute atomic E-state index is 3.35. The van der Waals surface area contributed by atoms with Gasteiger partial charge in [0.1, 0.15) is 0 Å². The Labute approximate surface area is 78.4 Å². The maximum atomic E-state index is 3.35. The van der Waals surface area contributed by atoms with E-state index in [1.54, 1.807) is 0 Å². The van der Waals surface area contributed by atoms with Crippen LogP contribution in [0.3, 0.4) is 0 Å². The molecule has 1 rings (SSSR count). The van der Waals surface area contributed by atoms with Crippen LogP contribution >= 0.6 is 15.9 Å². The average molecular weight is 187 g/mol. The molecule has 0 N–H and O–H groups in total. The van der Waals surface area contributed by atoms with Crippen LogP contribution in [0.1, 0.15) is 5.56 Å². The minimum absolute atomic E-state index is 1.06. The van der Waals surface area contributed by atoms with Crippen LogP contribution in [-0.4, -0.2) is 17.7 Å². The number of rotatable bonds is 0. The zero-order valence-electron chi connectivity index (χ0n) is 5.69. The van der Waals surface area contributed by atoms with Crippen LogP contribution in [0.5, 0.6) is 0 Å². The third kappa shape index (κ3) is 2.24. The van der Waals surface area contributed by atoms with Crippen molar-refractivity contribution in [1.82, 2.24) is 0 Å². The molecule has 0 aliphatic carbocycles. The molecule has 0 spiro atoms. The summed E-state index contributed by atoms with van der Waals surface area (Å²) in [5.41, 5.74) is 1.06. The van der Waals surface area contributed by atoms with Crippen molar-refractivity contribution in [2.45, 2.75) is 0 Å². The Bertz CT molecular complexity index is 266. The summed E-state index contributed by atoms with van der Waals surface area (Å²) < 4.78 is 3.93. The Balaban J connectivity index is 2.97. The van der Waals surface area contributed by atoms with E-state index in [1.807, 2.05) is 42.0 Å². The van der Waals surface area contributed by atoms with Crippen molar-refractivity contribution in [3.8, 4) is 10.5 Å². The van der Waals surface area contributed by atoms with Crippen molar-refractivity contribution in [1.29, 1.82) is 0 Å². The first kappa shape index (κ1) is 7.96. The van der Waals surface area contributed by atoms with E-state index in [-0.39, 0.29) is 0 Å². The third-order valence-corrected chi connectivity index (χ3v) is 1.64. The molecule has 1 aromatic rings. The van der Waals surface area contributed by atoms with E-state index >= 15 is 0 Å². The summed E-state index contributed by atoms with van der Waals surface area (Å²) in [7, 11) is 0. The number of halogens is 1. The van der Waals surface area contributed by atoms with Gasteiger partial charge in [-0.2, -0.15) is 0 Å². The summed E-state index contributed by atoms with van der Waals surface area (Å²) in [6.07, 6.45) is 0. The molecule has 0 amide bonds. The van der Waals surface area contributed by atoms with Gasteiger partial charge in [0, 0.05) is 0 Å². The second-order valence-corrected chi connectivity index (χ2v) is 2.80. The van der Waals surface area contributed by atoms with Gasteiger partial charge in [-0.15, -0.1) is 0 Å². The van der Waals surface area contributed by atoms with Crippen molar-refractivity contribution >= 4 is 33.6 Å². The van der Waals surface area contributed by atoms with Crippen LogP contribution in [0.15, 0.2) is 28.7 Å². The van der Waals surface area contributed by atoms with Gasteiger partial charge in [-0.05, 0) is 0 Å². The summed E-state index contributed by atoms with van der Waals surface area (Å²) in [4.78, 5) is 0. The zero-order valence-corrected chi connectivity index (χ0v) is 7.27. The fourth-order valence-electron chi connectivity index (χ4n) is 0.678. The van der Waals surface area contributed by atoms with Gasteiger partial charge in [0.05, 0.1) is 0 Å². The van der Waals surface area contributed by atoms with Gasteiger partial charge >= 0.3 is 78.5 Å². The van der Waals surface area contributed by atoms with Crippen molar-refractivity contribution in [3.05, 3.63) is 34.3 Å². The molecule has 0 saturated carbocycles. The van der Waals surface area contributed by atoms with E-state index in [0.29, 0.717) is 0 Å². The summed E-state index contributed by atoms with van der Waals surface area (Å²) in [5.74, 6) is 2.96. The molecule has 44 valence electrons. The molecule has 0 aromatic heterocycles. The third-order valence-electron chi connectivity index (χ3n) is 1.11. The Morgan fingerprint density at radius 2 is 1.80 bits per heavy atom. The van der Waals surface area contributed by atoms with E-state index < -0.39 is 0 Å². The molecule has 0 heterocycles. The average Bonchev–Trinajstić information content (AvgIpc) is 1.95. The fraction of sp³-hybridized carbons (Fsp3) is 0. The van der Waals surface area contributed by atoms with Gasteiger partial charge in [0.2, 0.25) is 0 Å². The molecule has 10 heavy (non-hydrogen) atoms. The van der Waals surface area contributed by atoms with E-state index in [1.165, 1.54) is 0 Å². The second kappa shape index (κ2) is 3.89. The zero-order chi connectivity index (χ0) is 7.40. The van der Waals surface area contributed by atoms with Crippen LogP contribution in [0.4, 0.5) is 0 Å².